The SMILES string of the molecule is Cc1ccn2c(-c3ccc(Nc4ccc(N5CCCC(CN(C)C)C5)cn4)c4c3CNC4=O)cnc2c1. The molecule has 1 amide bonds. The summed E-state index contributed by atoms with van der Waals surface area (Å²) < 4.78 is 2.07. The number of amides is 1. The minimum atomic E-state index is -0.0686. The minimum Gasteiger partial charge on any atom is -0.370 e. The number of nitrogens with zero attached hydrogens (tertiary/aromatic N) is 5. The van der Waals surface area contributed by atoms with Crippen LogP contribution in [-0.2, 0) is 6.54 Å². The van der Waals surface area contributed by atoms with Gasteiger partial charge < -0.3 is 20.4 Å². The minimum absolute atomic E-state index is 0.0686. The molecule has 0 spiro atoms. The fourth-order valence-corrected chi connectivity index (χ4v) is 5.72. The molecule has 1 unspecified atom stereocenters. The van der Waals surface area contributed by atoms with Crippen LogP contribution >= 0.6 is 0 Å². The van der Waals surface area contributed by atoms with Gasteiger partial charge >= 0.3 is 0 Å². The third-order valence-electron chi connectivity index (χ3n) is 7.43. The summed E-state index contributed by atoms with van der Waals surface area (Å²) in [6, 6.07) is 12.3. The van der Waals surface area contributed by atoms with E-state index >= 15 is 0 Å². The number of aryl methyl sites for hydroxylation is 1. The van der Waals surface area contributed by atoms with Crippen molar-refractivity contribution in [3.63, 3.8) is 0 Å². The first kappa shape index (κ1) is 23.5. The van der Waals surface area contributed by atoms with Crippen LogP contribution in [0.2, 0.25) is 0 Å². The Balaban J connectivity index is 1.25. The van der Waals surface area contributed by atoms with Crippen molar-refractivity contribution in [3.8, 4) is 11.3 Å². The standard InChI is InChI=1S/C29H33N7O/c1-19-10-12-36-25(16-31-27(36)13-19)22-7-8-24(28-23(22)15-32-29(28)37)33-26-9-6-21(14-30-26)35-11-4-5-20(18-35)17-34(2)3/h6-10,12-14,16,20H,4-5,11,15,17-18H2,1-3H3,(H,30,33)(H,32,37). The van der Waals surface area contributed by atoms with Gasteiger partial charge in [-0.3, -0.25) is 9.20 Å². The molecule has 5 heterocycles. The van der Waals surface area contributed by atoms with Crippen LogP contribution in [0.15, 0.2) is 55.0 Å². The Labute approximate surface area is 217 Å². The van der Waals surface area contributed by atoms with Crippen LogP contribution in [0, 0.1) is 12.8 Å². The molecule has 37 heavy (non-hydrogen) atoms. The second-order valence-corrected chi connectivity index (χ2v) is 10.5. The highest BCUT2D eigenvalue weighted by atomic mass is 16.1. The van der Waals surface area contributed by atoms with E-state index in [9.17, 15) is 4.79 Å². The predicted molar refractivity (Wildman–Crippen MR) is 148 cm³/mol. The van der Waals surface area contributed by atoms with E-state index in [0.717, 1.165) is 59.3 Å². The molecule has 0 radical (unpaired) electrons. The Morgan fingerprint density at radius 3 is 2.84 bits per heavy atom. The Hall–Kier alpha value is -3.91. The van der Waals surface area contributed by atoms with Gasteiger partial charge in [0.25, 0.3) is 5.91 Å². The monoisotopic (exact) mass is 495 g/mol. The molecular weight excluding hydrogens is 462 g/mol. The number of anilines is 3. The summed E-state index contributed by atoms with van der Waals surface area (Å²) >= 11 is 0. The van der Waals surface area contributed by atoms with Gasteiger partial charge in [0.15, 0.2) is 0 Å². The Morgan fingerprint density at radius 2 is 2.03 bits per heavy atom. The van der Waals surface area contributed by atoms with Crippen LogP contribution in [-0.4, -0.2) is 58.9 Å². The maximum Gasteiger partial charge on any atom is 0.254 e. The van der Waals surface area contributed by atoms with Crippen LogP contribution in [0.4, 0.5) is 17.2 Å². The summed E-state index contributed by atoms with van der Waals surface area (Å²) in [5.41, 5.74) is 7.62. The molecule has 2 aliphatic heterocycles. The molecular formula is C29H33N7O. The summed E-state index contributed by atoms with van der Waals surface area (Å²) in [5, 5.41) is 6.40. The lowest BCUT2D eigenvalue weighted by Gasteiger charge is -2.35. The molecule has 6 rings (SSSR count). The van der Waals surface area contributed by atoms with Gasteiger partial charge in [-0.05, 0) is 81.2 Å². The van der Waals surface area contributed by atoms with E-state index in [0.29, 0.717) is 18.0 Å². The van der Waals surface area contributed by atoms with Crippen LogP contribution in [0.25, 0.3) is 16.9 Å². The average molecular weight is 496 g/mol. The largest absolute Gasteiger partial charge is 0.370 e. The van der Waals surface area contributed by atoms with Crippen molar-refractivity contribution in [1.29, 1.82) is 0 Å². The maximum absolute atomic E-state index is 12.9. The number of pyridine rings is 2. The molecule has 0 saturated carbocycles. The number of nitrogens with one attached hydrogen (secondary N) is 2. The van der Waals surface area contributed by atoms with E-state index in [1.54, 1.807) is 0 Å². The zero-order chi connectivity index (χ0) is 25.5. The van der Waals surface area contributed by atoms with Crippen LogP contribution in [0.5, 0.6) is 0 Å². The van der Waals surface area contributed by atoms with Gasteiger partial charge in [0, 0.05) is 37.9 Å². The molecule has 1 atom stereocenters. The first-order valence-corrected chi connectivity index (χ1v) is 13.0. The molecule has 8 heteroatoms. The molecule has 1 fully saturated rings. The molecule has 1 aromatic carbocycles. The molecule has 3 aromatic heterocycles. The number of fused-ring (bicyclic) bond motifs is 2. The van der Waals surface area contributed by atoms with Gasteiger partial charge in [0.05, 0.1) is 35.0 Å². The van der Waals surface area contributed by atoms with E-state index in [-0.39, 0.29) is 5.91 Å². The van der Waals surface area contributed by atoms with E-state index in [1.807, 2.05) is 30.7 Å². The zero-order valence-electron chi connectivity index (χ0n) is 21.7. The third kappa shape index (κ3) is 4.53. The topological polar surface area (TPSA) is 77.8 Å². The van der Waals surface area contributed by atoms with Crippen molar-refractivity contribution in [2.75, 3.05) is 43.9 Å². The number of carbonyl (C=O) groups is 1. The summed E-state index contributed by atoms with van der Waals surface area (Å²) in [5.74, 6) is 1.34. The van der Waals surface area contributed by atoms with E-state index in [2.05, 4.69) is 75.1 Å². The molecule has 2 aliphatic rings. The average Bonchev–Trinajstić information content (AvgIpc) is 3.48. The smallest absolute Gasteiger partial charge is 0.254 e. The van der Waals surface area contributed by atoms with Crippen molar-refractivity contribution in [2.45, 2.75) is 26.3 Å². The lowest BCUT2D eigenvalue weighted by atomic mass is 9.97. The number of hydrogen-bond donors (Lipinski definition) is 2. The predicted octanol–water partition coefficient (Wildman–Crippen LogP) is 4.47. The summed E-state index contributed by atoms with van der Waals surface area (Å²) in [6.45, 7) is 5.79. The van der Waals surface area contributed by atoms with Crippen LogP contribution in [0.3, 0.4) is 0 Å². The van der Waals surface area contributed by atoms with Crippen LogP contribution in [0.1, 0.15) is 34.3 Å². The van der Waals surface area contributed by atoms with Crippen molar-refractivity contribution in [2.24, 2.45) is 5.92 Å². The van der Waals surface area contributed by atoms with Gasteiger partial charge in [-0.15, -0.1) is 0 Å². The highest BCUT2D eigenvalue weighted by molar-refractivity contribution is 6.06. The van der Waals surface area contributed by atoms with Crippen molar-refractivity contribution in [3.05, 3.63) is 71.7 Å². The Bertz CT molecular complexity index is 1460. The van der Waals surface area contributed by atoms with Gasteiger partial charge in [-0.25, -0.2) is 9.97 Å². The van der Waals surface area contributed by atoms with Crippen molar-refractivity contribution >= 4 is 28.7 Å². The van der Waals surface area contributed by atoms with Crippen LogP contribution < -0.4 is 15.5 Å². The second-order valence-electron chi connectivity index (χ2n) is 10.5. The number of piperidine rings is 1. The lowest BCUT2D eigenvalue weighted by Crippen LogP contribution is -2.39. The quantitative estimate of drug-likeness (QED) is 0.411. The van der Waals surface area contributed by atoms with Gasteiger partial charge in [0.1, 0.15) is 11.5 Å². The molecule has 0 aliphatic carbocycles. The number of rotatable bonds is 6. The van der Waals surface area contributed by atoms with E-state index < -0.39 is 0 Å². The number of aromatic nitrogens is 3. The molecule has 4 aromatic rings. The molecule has 190 valence electrons. The fourth-order valence-electron chi connectivity index (χ4n) is 5.72. The number of imidazole rings is 1. The Kier molecular flexibility index (Phi) is 6.04. The second kappa shape index (κ2) is 9.52. The van der Waals surface area contributed by atoms with Gasteiger partial charge in [0.2, 0.25) is 0 Å². The molecule has 0 bridgehead atoms. The highest BCUT2D eigenvalue weighted by Crippen LogP contribution is 2.35. The first-order valence-electron chi connectivity index (χ1n) is 13.0. The van der Waals surface area contributed by atoms with Gasteiger partial charge in [-0.2, -0.15) is 0 Å². The van der Waals surface area contributed by atoms with Crippen molar-refractivity contribution < 1.29 is 4.79 Å². The van der Waals surface area contributed by atoms with E-state index in [4.69, 9.17) is 4.98 Å². The molecule has 8 nitrogen and oxygen atoms in total. The number of hydrogen-bond acceptors (Lipinski definition) is 6. The first-order chi connectivity index (χ1) is 18.0. The van der Waals surface area contributed by atoms with Gasteiger partial charge in [-0.1, -0.05) is 6.07 Å². The number of benzene rings is 1. The van der Waals surface area contributed by atoms with Crippen molar-refractivity contribution in [1.82, 2.24) is 24.6 Å². The number of carbonyl (C=O) groups excluding carboxylic acids is 1. The highest BCUT2D eigenvalue weighted by Gasteiger charge is 2.27. The maximum atomic E-state index is 12.9. The fraction of sp³-hybridized carbons (Fsp3) is 0.345. The Morgan fingerprint density at radius 1 is 1.14 bits per heavy atom. The zero-order valence-corrected chi connectivity index (χ0v) is 21.7. The summed E-state index contributed by atoms with van der Waals surface area (Å²) in [6.07, 6.45) is 8.34. The summed E-state index contributed by atoms with van der Waals surface area (Å²) in [4.78, 5) is 26.9. The lowest BCUT2D eigenvalue weighted by molar-refractivity contribution is 0.0966. The molecule has 2 N–H and O–H groups in total. The summed E-state index contributed by atoms with van der Waals surface area (Å²) in [7, 11) is 4.28. The van der Waals surface area contributed by atoms with E-state index in [1.165, 1.54) is 18.4 Å². The molecule has 1 saturated heterocycles. The normalized spacial score (nSPS) is 17.4. The third-order valence-corrected chi connectivity index (χ3v) is 7.43.